The van der Waals surface area contributed by atoms with Crippen molar-refractivity contribution in [3.05, 3.63) is 78.0 Å². The number of nitrogens with zero attached hydrogens (tertiary/aromatic N) is 1. The molecule has 1 aliphatic carbocycles. The lowest BCUT2D eigenvalue weighted by Crippen LogP contribution is -2.34. The Balaban J connectivity index is 1.71. The van der Waals surface area contributed by atoms with Gasteiger partial charge in [0.1, 0.15) is 10.4 Å². The van der Waals surface area contributed by atoms with E-state index < -0.39 is 8.80 Å². The summed E-state index contributed by atoms with van der Waals surface area (Å²) in [5, 5.41) is 4.64. The maximum absolute atomic E-state index is 2.56. The number of hydrogen-bond acceptors (Lipinski definition) is 0. The van der Waals surface area contributed by atoms with E-state index in [0.29, 0.717) is 0 Å². The summed E-state index contributed by atoms with van der Waals surface area (Å²) < 4.78 is 2.56. The highest BCUT2D eigenvalue weighted by molar-refractivity contribution is 6.88. The van der Waals surface area contributed by atoms with Gasteiger partial charge in [0.15, 0.2) is 0 Å². The van der Waals surface area contributed by atoms with E-state index in [1.807, 2.05) is 0 Å². The van der Waals surface area contributed by atoms with Gasteiger partial charge in [-0.2, -0.15) is 0 Å². The van der Waals surface area contributed by atoms with Crippen molar-refractivity contribution in [3.8, 4) is 16.8 Å². The van der Waals surface area contributed by atoms with Crippen molar-refractivity contribution in [2.45, 2.75) is 32.2 Å². The van der Waals surface area contributed by atoms with Crippen LogP contribution in [0.5, 0.6) is 0 Å². The van der Waals surface area contributed by atoms with E-state index in [9.17, 15) is 0 Å². The standard InChI is InChI=1S/C25H22NSi/c1-27-24-14-8-6-12-19(24)21-15-20-18-11-5-7-13-22(18)26(23(20)16-25(21)27)17-9-3-2-4-10-17/h2-4,6,8-10,12,14-16H,5,7,11,13H2,1H3/q+1. The molecule has 0 radical (unpaired) electrons. The zero-order valence-electron chi connectivity index (χ0n) is 15.6. The molecule has 0 amide bonds. The molecule has 4 aromatic rings. The Kier molecular flexibility index (Phi) is 3.27. The fraction of sp³-hybridized carbons (Fsp3) is 0.200. The molecule has 130 valence electrons. The van der Waals surface area contributed by atoms with Crippen molar-refractivity contribution >= 4 is 30.1 Å². The fourth-order valence-corrected chi connectivity index (χ4v) is 7.40. The third-order valence-electron chi connectivity index (χ3n) is 6.45. The maximum Gasteiger partial charge on any atom is 0.388 e. The third-order valence-corrected chi connectivity index (χ3v) is 8.92. The summed E-state index contributed by atoms with van der Waals surface area (Å²) in [5.41, 5.74) is 8.84. The van der Waals surface area contributed by atoms with E-state index in [1.54, 1.807) is 21.6 Å². The minimum absolute atomic E-state index is 0.673. The van der Waals surface area contributed by atoms with E-state index in [2.05, 4.69) is 77.8 Å². The number of aromatic nitrogens is 1. The van der Waals surface area contributed by atoms with Crippen LogP contribution >= 0.6 is 0 Å². The largest absolute Gasteiger partial charge is 0.388 e. The highest BCUT2D eigenvalue weighted by Crippen LogP contribution is 2.37. The number of hydrogen-bond donors (Lipinski definition) is 0. The van der Waals surface area contributed by atoms with Gasteiger partial charge >= 0.3 is 8.80 Å². The van der Waals surface area contributed by atoms with Crippen molar-refractivity contribution in [2.24, 2.45) is 0 Å². The molecule has 0 bridgehead atoms. The zero-order chi connectivity index (χ0) is 18.0. The van der Waals surface area contributed by atoms with Gasteiger partial charge in [-0.15, -0.1) is 0 Å². The van der Waals surface area contributed by atoms with E-state index in [-0.39, 0.29) is 0 Å². The molecule has 27 heavy (non-hydrogen) atoms. The molecule has 0 N–H and O–H groups in total. The Labute approximate surface area is 161 Å². The number of fused-ring (bicyclic) bond motifs is 6. The topological polar surface area (TPSA) is 4.93 Å². The highest BCUT2D eigenvalue weighted by atomic mass is 28.3. The van der Waals surface area contributed by atoms with E-state index >= 15 is 0 Å². The van der Waals surface area contributed by atoms with Gasteiger partial charge in [-0.1, -0.05) is 36.4 Å². The summed E-state index contributed by atoms with van der Waals surface area (Å²) in [4.78, 5) is 0. The molecule has 1 aromatic heterocycles. The van der Waals surface area contributed by atoms with Crippen LogP contribution in [0.2, 0.25) is 6.55 Å². The predicted octanol–water partition coefficient (Wildman–Crippen LogP) is 4.73. The van der Waals surface area contributed by atoms with Crippen molar-refractivity contribution in [1.29, 1.82) is 0 Å². The second-order valence-electron chi connectivity index (χ2n) is 7.89. The van der Waals surface area contributed by atoms with Gasteiger partial charge in [-0.3, -0.25) is 0 Å². The second kappa shape index (κ2) is 5.70. The Bertz CT molecular complexity index is 1190. The van der Waals surface area contributed by atoms with Gasteiger partial charge in [-0.25, -0.2) is 0 Å². The molecule has 2 aliphatic rings. The molecule has 0 spiro atoms. The van der Waals surface area contributed by atoms with E-state index in [4.69, 9.17) is 0 Å². The van der Waals surface area contributed by atoms with Gasteiger partial charge in [0, 0.05) is 27.9 Å². The lowest BCUT2D eigenvalue weighted by Gasteiger charge is -2.16. The first-order valence-corrected chi connectivity index (χ1v) is 12.0. The molecule has 3 aromatic carbocycles. The molecule has 2 heterocycles. The monoisotopic (exact) mass is 364 g/mol. The fourth-order valence-electron chi connectivity index (χ4n) is 5.18. The molecule has 6 rings (SSSR count). The van der Waals surface area contributed by atoms with Crippen LogP contribution < -0.4 is 10.4 Å². The first kappa shape index (κ1) is 15.5. The average Bonchev–Trinajstić information content (AvgIpc) is 3.20. The molecule has 0 atom stereocenters. The zero-order valence-corrected chi connectivity index (χ0v) is 16.6. The first-order valence-electron chi connectivity index (χ1n) is 10.0. The van der Waals surface area contributed by atoms with Gasteiger partial charge in [0.2, 0.25) is 0 Å². The molecule has 1 nitrogen and oxygen atoms in total. The lowest BCUT2D eigenvalue weighted by atomic mass is 9.94. The predicted molar refractivity (Wildman–Crippen MR) is 116 cm³/mol. The van der Waals surface area contributed by atoms with Crippen LogP contribution in [0.3, 0.4) is 0 Å². The van der Waals surface area contributed by atoms with Crippen LogP contribution in [0.1, 0.15) is 24.1 Å². The van der Waals surface area contributed by atoms with Crippen LogP contribution in [0.25, 0.3) is 27.7 Å². The Morgan fingerprint density at radius 2 is 1.56 bits per heavy atom. The SMILES string of the molecule is C[Si+]1c2ccccc2-c2cc3c4c(n(-c5ccccc5)c3cc21)CCCC4. The number of benzene rings is 3. The molecule has 2 heteroatoms. The summed E-state index contributed by atoms with van der Waals surface area (Å²) in [5.74, 6) is 0. The van der Waals surface area contributed by atoms with Crippen LogP contribution in [-0.2, 0) is 12.8 Å². The van der Waals surface area contributed by atoms with Gasteiger partial charge in [-0.05, 0) is 61.6 Å². The van der Waals surface area contributed by atoms with Gasteiger partial charge < -0.3 is 4.57 Å². The summed E-state index contributed by atoms with van der Waals surface area (Å²) in [6, 6.07) is 25.1. The molecular weight excluding hydrogens is 342 g/mol. The number of aryl methyl sites for hydroxylation is 1. The Hall–Kier alpha value is -2.58. The van der Waals surface area contributed by atoms with Gasteiger partial charge in [0.05, 0.1) is 12.1 Å². The smallest absolute Gasteiger partial charge is 0.313 e. The van der Waals surface area contributed by atoms with E-state index in [1.165, 1.54) is 53.4 Å². The molecular formula is C25H22NSi+. The maximum atomic E-state index is 2.56. The number of para-hydroxylation sites is 1. The van der Waals surface area contributed by atoms with Crippen LogP contribution in [0, 0.1) is 0 Å². The van der Waals surface area contributed by atoms with Crippen LogP contribution in [0.4, 0.5) is 0 Å². The average molecular weight is 365 g/mol. The Morgan fingerprint density at radius 1 is 0.778 bits per heavy atom. The van der Waals surface area contributed by atoms with Crippen LogP contribution in [-0.4, -0.2) is 13.4 Å². The number of rotatable bonds is 1. The highest BCUT2D eigenvalue weighted by Gasteiger charge is 2.40. The molecule has 1 aliphatic heterocycles. The van der Waals surface area contributed by atoms with Crippen molar-refractivity contribution < 1.29 is 0 Å². The van der Waals surface area contributed by atoms with Gasteiger partial charge in [0.25, 0.3) is 0 Å². The summed E-state index contributed by atoms with van der Waals surface area (Å²) >= 11 is 0. The normalized spacial score (nSPS) is 14.9. The lowest BCUT2D eigenvalue weighted by molar-refractivity contribution is 0.667. The van der Waals surface area contributed by atoms with E-state index in [0.717, 1.165) is 0 Å². The minimum atomic E-state index is -0.673. The Morgan fingerprint density at radius 3 is 2.44 bits per heavy atom. The first-order chi connectivity index (χ1) is 13.3. The minimum Gasteiger partial charge on any atom is -0.313 e. The van der Waals surface area contributed by atoms with Crippen molar-refractivity contribution in [2.75, 3.05) is 0 Å². The molecule has 0 fully saturated rings. The van der Waals surface area contributed by atoms with Crippen LogP contribution in [0.15, 0.2) is 66.7 Å². The third kappa shape index (κ3) is 2.11. The molecule has 0 saturated heterocycles. The second-order valence-corrected chi connectivity index (χ2v) is 10.2. The molecule has 0 saturated carbocycles. The summed E-state index contributed by atoms with van der Waals surface area (Å²) in [6.07, 6.45) is 5.04. The quantitative estimate of drug-likeness (QED) is 0.430. The van der Waals surface area contributed by atoms with Crippen molar-refractivity contribution in [1.82, 2.24) is 4.57 Å². The summed E-state index contributed by atoms with van der Waals surface area (Å²) in [6.45, 7) is 2.46. The molecule has 0 unspecified atom stereocenters. The summed E-state index contributed by atoms with van der Waals surface area (Å²) in [7, 11) is -0.673. The van der Waals surface area contributed by atoms with Crippen molar-refractivity contribution in [3.63, 3.8) is 0 Å².